The molecule has 1 fully saturated rings. The van der Waals surface area contributed by atoms with Gasteiger partial charge < -0.3 is 5.73 Å². The molecule has 1 aliphatic rings. The molecule has 0 bridgehead atoms. The summed E-state index contributed by atoms with van der Waals surface area (Å²) in [5.41, 5.74) is 5.73. The molecule has 4 unspecified atom stereocenters. The second-order valence-electron chi connectivity index (χ2n) is 4.18. The molecule has 0 aromatic rings. The van der Waals surface area contributed by atoms with Crippen LogP contribution in [0.15, 0.2) is 0 Å². The first-order valence-corrected chi connectivity index (χ1v) is 6.04. The predicted molar refractivity (Wildman–Crippen MR) is 50.9 cm³/mol. The van der Waals surface area contributed by atoms with Crippen LogP contribution in [0.25, 0.3) is 0 Å². The maximum atomic E-state index is 11.0. The third-order valence-corrected chi connectivity index (χ3v) is 4.15. The minimum atomic E-state index is -3.97. The molecule has 3 N–H and O–H groups in total. The molecule has 0 amide bonds. The van der Waals surface area contributed by atoms with Gasteiger partial charge in [0.05, 0.1) is 0 Å². The van der Waals surface area contributed by atoms with Gasteiger partial charge in [0, 0.05) is 6.04 Å². The summed E-state index contributed by atoms with van der Waals surface area (Å²) in [7, 11) is -3.97. The summed E-state index contributed by atoms with van der Waals surface area (Å²) in [6.07, 6.45) is 1.41. The third kappa shape index (κ3) is 2.42. The molecule has 78 valence electrons. The van der Waals surface area contributed by atoms with Crippen LogP contribution >= 0.6 is 0 Å². The van der Waals surface area contributed by atoms with Crippen LogP contribution in [-0.2, 0) is 10.1 Å². The Morgan fingerprint density at radius 1 is 1.31 bits per heavy atom. The van der Waals surface area contributed by atoms with E-state index in [2.05, 4.69) is 0 Å². The molecular formula is C8H17NO3S. The topological polar surface area (TPSA) is 80.4 Å². The number of nitrogens with two attached hydrogens (primary N) is 1. The molecule has 4 atom stereocenters. The second kappa shape index (κ2) is 3.55. The number of rotatable bonds is 1. The minimum Gasteiger partial charge on any atom is -0.326 e. The Morgan fingerprint density at radius 2 is 1.85 bits per heavy atom. The zero-order valence-electron chi connectivity index (χ0n) is 7.97. The third-order valence-electron chi connectivity index (χ3n) is 2.88. The molecule has 0 spiro atoms. The Kier molecular flexibility index (Phi) is 2.99. The van der Waals surface area contributed by atoms with Gasteiger partial charge in [-0.1, -0.05) is 13.8 Å². The van der Waals surface area contributed by atoms with Crippen molar-refractivity contribution in [3.63, 3.8) is 0 Å². The summed E-state index contributed by atoms with van der Waals surface area (Å²) in [4.78, 5) is 0. The molecule has 1 saturated carbocycles. The van der Waals surface area contributed by atoms with Crippen molar-refractivity contribution in [1.29, 1.82) is 0 Å². The van der Waals surface area contributed by atoms with Crippen LogP contribution in [0.5, 0.6) is 0 Å². The lowest BCUT2D eigenvalue weighted by atomic mass is 9.80. The van der Waals surface area contributed by atoms with E-state index in [-0.39, 0.29) is 5.92 Å². The van der Waals surface area contributed by atoms with Gasteiger partial charge in [0.25, 0.3) is 10.1 Å². The second-order valence-corrected chi connectivity index (χ2v) is 5.82. The van der Waals surface area contributed by atoms with E-state index in [9.17, 15) is 8.42 Å². The van der Waals surface area contributed by atoms with Gasteiger partial charge >= 0.3 is 0 Å². The van der Waals surface area contributed by atoms with Crippen LogP contribution in [0.3, 0.4) is 0 Å². The van der Waals surface area contributed by atoms with E-state index >= 15 is 0 Å². The van der Waals surface area contributed by atoms with Crippen LogP contribution in [0.4, 0.5) is 0 Å². The van der Waals surface area contributed by atoms with E-state index in [4.69, 9.17) is 10.3 Å². The summed E-state index contributed by atoms with van der Waals surface area (Å²) in [6.45, 7) is 3.92. The summed E-state index contributed by atoms with van der Waals surface area (Å²) in [5.74, 6) is 0.484. The first-order chi connectivity index (χ1) is 5.82. The van der Waals surface area contributed by atoms with Crippen molar-refractivity contribution in [3.05, 3.63) is 0 Å². The van der Waals surface area contributed by atoms with Crippen LogP contribution < -0.4 is 5.73 Å². The molecule has 1 rings (SSSR count). The standard InChI is InChI=1S/C8H17NO3S/c1-5-3-6(2)8(9)7(4-5)13(10,11)12/h5-8H,3-4,9H2,1-2H3,(H,10,11,12). The van der Waals surface area contributed by atoms with Crippen LogP contribution in [0, 0.1) is 11.8 Å². The maximum absolute atomic E-state index is 11.0. The SMILES string of the molecule is CC1CC(C)C(N)C(S(=O)(=O)O)C1. The van der Waals surface area contributed by atoms with Crippen LogP contribution in [0.1, 0.15) is 26.7 Å². The maximum Gasteiger partial charge on any atom is 0.269 e. The summed E-state index contributed by atoms with van der Waals surface area (Å²) in [6, 6.07) is -0.425. The molecular weight excluding hydrogens is 190 g/mol. The van der Waals surface area contributed by atoms with Crippen molar-refractivity contribution < 1.29 is 13.0 Å². The zero-order chi connectivity index (χ0) is 10.2. The van der Waals surface area contributed by atoms with Crippen molar-refractivity contribution in [2.24, 2.45) is 17.6 Å². The van der Waals surface area contributed by atoms with Gasteiger partial charge in [-0.25, -0.2) is 0 Å². The van der Waals surface area contributed by atoms with E-state index < -0.39 is 21.4 Å². The first-order valence-electron chi connectivity index (χ1n) is 4.54. The average Bonchev–Trinajstić information content (AvgIpc) is 1.94. The molecule has 13 heavy (non-hydrogen) atoms. The van der Waals surface area contributed by atoms with Gasteiger partial charge in [-0.05, 0) is 24.7 Å². The Hall–Kier alpha value is -0.130. The molecule has 0 heterocycles. The molecule has 5 heteroatoms. The van der Waals surface area contributed by atoms with Gasteiger partial charge in [0.1, 0.15) is 5.25 Å². The molecule has 0 radical (unpaired) electrons. The van der Waals surface area contributed by atoms with E-state index in [0.717, 1.165) is 6.42 Å². The summed E-state index contributed by atoms with van der Waals surface area (Å²) in [5, 5.41) is -0.772. The number of hydrogen-bond acceptors (Lipinski definition) is 3. The fourth-order valence-electron chi connectivity index (χ4n) is 2.13. The number of hydrogen-bond donors (Lipinski definition) is 2. The van der Waals surface area contributed by atoms with Crippen molar-refractivity contribution in [3.8, 4) is 0 Å². The summed E-state index contributed by atoms with van der Waals surface area (Å²) >= 11 is 0. The van der Waals surface area contributed by atoms with Gasteiger partial charge in [-0.3, -0.25) is 4.55 Å². The van der Waals surface area contributed by atoms with E-state index in [1.807, 2.05) is 13.8 Å². The first kappa shape index (κ1) is 10.9. The molecule has 0 aliphatic heterocycles. The molecule has 0 aromatic heterocycles. The highest BCUT2D eigenvalue weighted by Crippen LogP contribution is 2.31. The minimum absolute atomic E-state index is 0.163. The van der Waals surface area contributed by atoms with Crippen molar-refractivity contribution in [2.75, 3.05) is 0 Å². The molecule has 4 nitrogen and oxygen atoms in total. The van der Waals surface area contributed by atoms with Crippen molar-refractivity contribution in [1.82, 2.24) is 0 Å². The molecule has 1 aliphatic carbocycles. The van der Waals surface area contributed by atoms with Crippen molar-refractivity contribution >= 4 is 10.1 Å². The Labute approximate surface area is 79.3 Å². The highest BCUT2D eigenvalue weighted by molar-refractivity contribution is 7.86. The lowest BCUT2D eigenvalue weighted by molar-refractivity contribution is 0.256. The fraction of sp³-hybridized carbons (Fsp3) is 1.00. The van der Waals surface area contributed by atoms with E-state index in [1.54, 1.807) is 0 Å². The normalized spacial score (nSPS) is 41.8. The highest BCUT2D eigenvalue weighted by atomic mass is 32.2. The lowest BCUT2D eigenvalue weighted by Crippen LogP contribution is -2.49. The average molecular weight is 207 g/mol. The van der Waals surface area contributed by atoms with Gasteiger partial charge in [-0.2, -0.15) is 8.42 Å². The molecule has 0 aromatic carbocycles. The Bertz CT molecular complexity index is 275. The van der Waals surface area contributed by atoms with Gasteiger partial charge in [0.15, 0.2) is 0 Å². The molecule has 0 saturated heterocycles. The zero-order valence-corrected chi connectivity index (χ0v) is 8.79. The van der Waals surface area contributed by atoms with E-state index in [1.165, 1.54) is 0 Å². The van der Waals surface area contributed by atoms with Gasteiger partial charge in [0.2, 0.25) is 0 Å². The highest BCUT2D eigenvalue weighted by Gasteiger charge is 2.38. The fourth-order valence-corrected chi connectivity index (χ4v) is 3.37. The Balaban J connectivity index is 2.84. The Morgan fingerprint density at radius 3 is 2.31 bits per heavy atom. The van der Waals surface area contributed by atoms with E-state index in [0.29, 0.717) is 12.3 Å². The van der Waals surface area contributed by atoms with Crippen LogP contribution in [-0.4, -0.2) is 24.3 Å². The largest absolute Gasteiger partial charge is 0.326 e. The van der Waals surface area contributed by atoms with Crippen molar-refractivity contribution in [2.45, 2.75) is 38.0 Å². The smallest absolute Gasteiger partial charge is 0.269 e. The van der Waals surface area contributed by atoms with Gasteiger partial charge in [-0.15, -0.1) is 0 Å². The van der Waals surface area contributed by atoms with Crippen LogP contribution in [0.2, 0.25) is 0 Å². The predicted octanol–water partition coefficient (Wildman–Crippen LogP) is 0.636. The lowest BCUT2D eigenvalue weighted by Gasteiger charge is -2.35. The monoisotopic (exact) mass is 207 g/mol. The summed E-state index contributed by atoms with van der Waals surface area (Å²) < 4.78 is 30.9. The quantitative estimate of drug-likeness (QED) is 0.618.